The number of hydrogen-bond acceptors (Lipinski definition) is 3. The minimum absolute atomic E-state index is 0.0758. The van der Waals surface area contributed by atoms with E-state index in [0.717, 1.165) is 23.8 Å². The van der Waals surface area contributed by atoms with Gasteiger partial charge in [-0.1, -0.05) is 67.6 Å². The van der Waals surface area contributed by atoms with Gasteiger partial charge in [-0.05, 0) is 44.0 Å². The Labute approximate surface area is 249 Å². The summed E-state index contributed by atoms with van der Waals surface area (Å²) in [6.07, 6.45) is -12.7. The molecule has 44 heavy (non-hydrogen) atoms. The van der Waals surface area contributed by atoms with Crippen molar-refractivity contribution in [3.8, 4) is 0 Å². The smallest absolute Gasteiger partial charge is 0.430 e. The van der Waals surface area contributed by atoms with Crippen LogP contribution in [0.3, 0.4) is 0 Å². The van der Waals surface area contributed by atoms with Crippen LogP contribution in [0, 0.1) is 11.6 Å². The summed E-state index contributed by atoms with van der Waals surface area (Å²) in [5, 5.41) is 0. The first kappa shape index (κ1) is 33.2. The van der Waals surface area contributed by atoms with Gasteiger partial charge in [0.1, 0.15) is 17.2 Å². The van der Waals surface area contributed by atoms with Crippen LogP contribution in [0.15, 0.2) is 72.8 Å². The van der Waals surface area contributed by atoms with Crippen molar-refractivity contribution in [1.29, 1.82) is 0 Å². The van der Waals surface area contributed by atoms with Gasteiger partial charge in [0, 0.05) is 35.5 Å². The quantitative estimate of drug-likeness (QED) is 0.256. The lowest BCUT2D eigenvalue weighted by molar-refractivity contribution is -0.392. The molecular weight excluding hydrogens is 598 g/mol. The van der Waals surface area contributed by atoms with Crippen molar-refractivity contribution in [2.45, 2.75) is 69.2 Å². The maximum Gasteiger partial charge on any atom is 0.430 e. The maximum atomic E-state index is 14.4. The lowest BCUT2D eigenvalue weighted by Crippen LogP contribution is -2.55. The molecule has 1 aliphatic rings. The van der Waals surface area contributed by atoms with Crippen LogP contribution in [-0.2, 0) is 27.1 Å². The monoisotopic (exact) mass is 629 g/mol. The Morgan fingerprint density at radius 3 is 1.89 bits per heavy atom. The van der Waals surface area contributed by atoms with E-state index in [2.05, 4.69) is 4.74 Å². The molecule has 3 aromatic carbocycles. The topological polar surface area (TPSA) is 38.8 Å². The molecule has 0 unspecified atom stereocenters. The molecule has 3 aromatic rings. The maximum absolute atomic E-state index is 14.4. The summed E-state index contributed by atoms with van der Waals surface area (Å²) in [6, 6.07) is 14.9. The number of amides is 1. The number of carbonyl (C=O) groups is 1. The molecule has 1 aliphatic heterocycles. The standard InChI is InChI=1S/C32H31F8NO3/c1-28(2,3)44-27(42)41-17-24(29(4,19-41)21-9-6-5-7-10-21)20-13-15-22(16-14-20)30(31(35,36)37,32(38,39)40)43-18-23-25(33)11-8-12-26(23)34/h5-16,24H,17-19H2,1-4H3/t24-,29+/m0/s1. The Morgan fingerprint density at radius 1 is 0.841 bits per heavy atom. The Kier molecular flexibility index (Phi) is 8.82. The van der Waals surface area contributed by atoms with Crippen LogP contribution < -0.4 is 0 Å². The number of benzene rings is 3. The van der Waals surface area contributed by atoms with Crippen molar-refractivity contribution in [2.24, 2.45) is 0 Å². The van der Waals surface area contributed by atoms with Crippen LogP contribution in [0.25, 0.3) is 0 Å². The molecule has 12 heteroatoms. The van der Waals surface area contributed by atoms with Crippen molar-refractivity contribution in [1.82, 2.24) is 4.90 Å². The van der Waals surface area contributed by atoms with E-state index in [1.807, 2.05) is 19.1 Å². The van der Waals surface area contributed by atoms with Crippen LogP contribution in [-0.4, -0.2) is 42.0 Å². The van der Waals surface area contributed by atoms with Crippen LogP contribution in [0.2, 0.25) is 0 Å². The van der Waals surface area contributed by atoms with Crippen LogP contribution >= 0.6 is 0 Å². The van der Waals surface area contributed by atoms with Gasteiger partial charge < -0.3 is 14.4 Å². The van der Waals surface area contributed by atoms with Gasteiger partial charge in [0.25, 0.3) is 5.60 Å². The average molecular weight is 630 g/mol. The third-order valence-corrected chi connectivity index (χ3v) is 7.79. The Bertz CT molecular complexity index is 1430. The summed E-state index contributed by atoms with van der Waals surface area (Å²) in [6.45, 7) is 5.56. The molecule has 2 atom stereocenters. The Morgan fingerprint density at radius 2 is 1.39 bits per heavy atom. The zero-order chi connectivity index (χ0) is 32.7. The third kappa shape index (κ3) is 6.27. The van der Waals surface area contributed by atoms with Crippen molar-refractivity contribution in [3.63, 3.8) is 0 Å². The number of carbonyl (C=O) groups excluding carboxylic acids is 1. The molecule has 1 saturated heterocycles. The van der Waals surface area contributed by atoms with Gasteiger partial charge in [0.05, 0.1) is 6.61 Å². The number of rotatable bonds is 6. The van der Waals surface area contributed by atoms with Crippen LogP contribution in [0.5, 0.6) is 0 Å². The first-order chi connectivity index (χ1) is 20.3. The molecule has 0 N–H and O–H groups in total. The first-order valence-electron chi connectivity index (χ1n) is 13.6. The summed E-state index contributed by atoms with van der Waals surface area (Å²) in [4.78, 5) is 14.4. The minimum atomic E-state index is -6.06. The zero-order valence-corrected chi connectivity index (χ0v) is 24.3. The van der Waals surface area contributed by atoms with E-state index in [0.29, 0.717) is 29.8 Å². The molecule has 4 nitrogen and oxygen atoms in total. The molecule has 0 saturated carbocycles. The fourth-order valence-electron chi connectivity index (χ4n) is 5.58. The normalized spacial score (nSPS) is 19.7. The van der Waals surface area contributed by atoms with Gasteiger partial charge in [0.2, 0.25) is 0 Å². The molecule has 0 bridgehead atoms. The molecule has 238 valence electrons. The largest absolute Gasteiger partial charge is 0.444 e. The van der Waals surface area contributed by atoms with Gasteiger partial charge in [-0.15, -0.1) is 0 Å². The molecule has 0 aromatic heterocycles. The second-order valence-electron chi connectivity index (χ2n) is 12.0. The fourth-order valence-corrected chi connectivity index (χ4v) is 5.58. The first-order valence-corrected chi connectivity index (χ1v) is 13.6. The predicted octanol–water partition coefficient (Wildman–Crippen LogP) is 8.79. The number of halogens is 8. The summed E-state index contributed by atoms with van der Waals surface area (Å²) in [7, 11) is 0. The number of ether oxygens (including phenoxy) is 2. The molecule has 0 radical (unpaired) electrons. The SMILES string of the molecule is CC(C)(C)OC(=O)N1C[C@@H](c2ccc(C(OCc3c(F)cccc3F)(C(F)(F)F)C(F)(F)F)cc2)[C@@](C)(c2ccccc2)C1. The lowest BCUT2D eigenvalue weighted by Gasteiger charge is -2.38. The van der Waals surface area contributed by atoms with E-state index in [4.69, 9.17) is 4.74 Å². The molecule has 1 amide bonds. The second-order valence-corrected chi connectivity index (χ2v) is 12.0. The molecule has 1 fully saturated rings. The van der Waals surface area contributed by atoms with E-state index in [9.17, 15) is 39.9 Å². The highest BCUT2D eigenvalue weighted by molar-refractivity contribution is 5.69. The van der Waals surface area contributed by atoms with Gasteiger partial charge in [-0.2, -0.15) is 26.3 Å². The Hall–Kier alpha value is -3.67. The fraction of sp³-hybridized carbons (Fsp3) is 0.406. The van der Waals surface area contributed by atoms with E-state index >= 15 is 0 Å². The zero-order valence-electron chi connectivity index (χ0n) is 24.3. The minimum Gasteiger partial charge on any atom is -0.444 e. The second kappa shape index (κ2) is 11.7. The number of hydrogen-bond donors (Lipinski definition) is 0. The predicted molar refractivity (Wildman–Crippen MR) is 146 cm³/mol. The average Bonchev–Trinajstić information content (AvgIpc) is 3.28. The summed E-state index contributed by atoms with van der Waals surface area (Å²) < 4.78 is 125. The van der Waals surface area contributed by atoms with Gasteiger partial charge in [0.15, 0.2) is 0 Å². The van der Waals surface area contributed by atoms with E-state index in [1.165, 1.54) is 4.90 Å². The third-order valence-electron chi connectivity index (χ3n) is 7.79. The highest BCUT2D eigenvalue weighted by atomic mass is 19.4. The number of alkyl halides is 6. The van der Waals surface area contributed by atoms with E-state index in [1.54, 1.807) is 39.0 Å². The van der Waals surface area contributed by atoms with Crippen molar-refractivity contribution >= 4 is 6.09 Å². The highest BCUT2D eigenvalue weighted by Crippen LogP contribution is 2.54. The summed E-state index contributed by atoms with van der Waals surface area (Å²) in [5.41, 5.74) is -7.71. The molecular formula is C32H31F8NO3. The van der Waals surface area contributed by atoms with E-state index in [-0.39, 0.29) is 13.1 Å². The van der Waals surface area contributed by atoms with Crippen LogP contribution in [0.1, 0.15) is 55.9 Å². The number of nitrogens with zero attached hydrogens (tertiary/aromatic N) is 1. The molecule has 1 heterocycles. The van der Waals surface area contributed by atoms with Crippen molar-refractivity contribution < 1.29 is 49.4 Å². The lowest BCUT2D eigenvalue weighted by atomic mass is 9.71. The van der Waals surface area contributed by atoms with Crippen molar-refractivity contribution in [3.05, 3.63) is 107 Å². The molecule has 4 rings (SSSR count). The van der Waals surface area contributed by atoms with Crippen molar-refractivity contribution in [2.75, 3.05) is 13.1 Å². The molecule has 0 spiro atoms. The highest BCUT2D eigenvalue weighted by Gasteiger charge is 2.73. The van der Waals surface area contributed by atoms with E-state index < -0.39 is 70.3 Å². The van der Waals surface area contributed by atoms with Gasteiger partial charge in [-0.3, -0.25) is 0 Å². The summed E-state index contributed by atoms with van der Waals surface area (Å²) >= 11 is 0. The van der Waals surface area contributed by atoms with Gasteiger partial charge in [-0.25, -0.2) is 13.6 Å². The Balaban J connectivity index is 1.76. The van der Waals surface area contributed by atoms with Gasteiger partial charge >= 0.3 is 18.4 Å². The van der Waals surface area contributed by atoms with Crippen LogP contribution in [0.4, 0.5) is 39.9 Å². The number of likely N-dealkylation sites (tertiary alicyclic amines) is 1. The summed E-state index contributed by atoms with van der Waals surface area (Å²) in [5.74, 6) is -3.25. The molecule has 0 aliphatic carbocycles.